The van der Waals surface area contributed by atoms with Crippen molar-refractivity contribution in [3.05, 3.63) is 71.8 Å². The summed E-state index contributed by atoms with van der Waals surface area (Å²) in [7, 11) is -3.52. The quantitative estimate of drug-likeness (QED) is 0.543. The lowest BCUT2D eigenvalue weighted by Gasteiger charge is -2.22. The van der Waals surface area contributed by atoms with Crippen LogP contribution in [0.2, 0.25) is 5.02 Å². The van der Waals surface area contributed by atoms with Crippen LogP contribution < -0.4 is 14.9 Å². The maximum absolute atomic E-state index is 12.4. The molecule has 0 bridgehead atoms. The van der Waals surface area contributed by atoms with Crippen LogP contribution in [0, 0.1) is 0 Å². The van der Waals surface area contributed by atoms with E-state index < -0.39 is 10.0 Å². The molecule has 0 atom stereocenters. The molecule has 0 aromatic heterocycles. The van der Waals surface area contributed by atoms with E-state index in [-0.39, 0.29) is 24.8 Å². The Bertz CT molecular complexity index is 1010. The third-order valence-electron chi connectivity index (χ3n) is 4.13. The number of halogens is 1. The van der Waals surface area contributed by atoms with E-state index in [0.717, 1.165) is 6.26 Å². The summed E-state index contributed by atoms with van der Waals surface area (Å²) in [6, 6.07) is 13.1. The summed E-state index contributed by atoms with van der Waals surface area (Å²) in [6.07, 6.45) is 3.06. The fraction of sp³-hybridized carbons (Fsp3) is 0.238. The van der Waals surface area contributed by atoms with Gasteiger partial charge in [-0.3, -0.25) is 13.9 Å². The fourth-order valence-electron chi connectivity index (χ4n) is 2.74. The van der Waals surface area contributed by atoms with Gasteiger partial charge in [0.25, 0.3) is 5.91 Å². The van der Waals surface area contributed by atoms with E-state index in [1.54, 1.807) is 54.6 Å². The zero-order valence-electron chi connectivity index (χ0n) is 16.6. The molecule has 0 fully saturated rings. The highest BCUT2D eigenvalue weighted by atomic mass is 35.5. The third kappa shape index (κ3) is 6.89. The maximum Gasteiger partial charge on any atom is 0.253 e. The number of carbonyl (C=O) groups excluding carboxylic acids is 2. The number of nitrogens with zero attached hydrogens (tertiary/aromatic N) is 1. The van der Waals surface area contributed by atoms with Gasteiger partial charge in [0.2, 0.25) is 15.9 Å². The van der Waals surface area contributed by atoms with Crippen LogP contribution >= 0.6 is 11.6 Å². The Hall–Kier alpha value is -2.84. The minimum atomic E-state index is -3.52. The van der Waals surface area contributed by atoms with E-state index in [0.29, 0.717) is 34.9 Å². The molecule has 0 aliphatic rings. The molecular weight excluding hydrogens is 426 g/mol. The molecule has 2 rings (SSSR count). The number of anilines is 2. The maximum atomic E-state index is 12.4. The normalized spacial score (nSPS) is 10.9. The highest BCUT2D eigenvalue weighted by molar-refractivity contribution is 7.92. The first-order chi connectivity index (χ1) is 14.2. The number of carbonyl (C=O) groups is 2. The van der Waals surface area contributed by atoms with E-state index in [2.05, 4.69) is 17.2 Å². The molecule has 0 saturated heterocycles. The zero-order valence-corrected chi connectivity index (χ0v) is 18.2. The monoisotopic (exact) mass is 449 g/mol. The molecule has 2 aromatic rings. The molecule has 0 saturated carbocycles. The van der Waals surface area contributed by atoms with Gasteiger partial charge in [-0.2, -0.15) is 0 Å². The first-order valence-corrected chi connectivity index (χ1v) is 11.5. The Morgan fingerprint density at radius 1 is 1.13 bits per heavy atom. The van der Waals surface area contributed by atoms with Gasteiger partial charge in [0.15, 0.2) is 0 Å². The second-order valence-electron chi connectivity index (χ2n) is 6.51. The van der Waals surface area contributed by atoms with E-state index >= 15 is 0 Å². The van der Waals surface area contributed by atoms with Crippen molar-refractivity contribution < 1.29 is 18.0 Å². The molecule has 0 unspecified atom stereocenters. The molecule has 0 aliphatic carbocycles. The standard InChI is InChI=1S/C21H24ClN3O4S/c1-3-14-23-21(27)18-7-4-5-8-19(18)24-20(26)9-6-15-25(30(2,28)29)17-12-10-16(22)11-13-17/h3-5,7-8,10-13H,1,6,9,14-15H2,2H3,(H,23,27)(H,24,26). The van der Waals surface area contributed by atoms with Gasteiger partial charge in [-0.1, -0.05) is 29.8 Å². The van der Waals surface area contributed by atoms with Crippen LogP contribution in [-0.2, 0) is 14.8 Å². The summed E-state index contributed by atoms with van der Waals surface area (Å²) in [5, 5.41) is 5.89. The van der Waals surface area contributed by atoms with Crippen LogP contribution in [-0.4, -0.2) is 39.6 Å². The average molecular weight is 450 g/mol. The van der Waals surface area contributed by atoms with Gasteiger partial charge >= 0.3 is 0 Å². The topological polar surface area (TPSA) is 95.6 Å². The summed E-state index contributed by atoms with van der Waals surface area (Å²) >= 11 is 5.86. The summed E-state index contributed by atoms with van der Waals surface area (Å²) < 4.78 is 25.5. The molecule has 160 valence electrons. The van der Waals surface area contributed by atoms with Crippen molar-refractivity contribution in [2.75, 3.05) is 29.0 Å². The van der Waals surface area contributed by atoms with Crippen molar-refractivity contribution in [3.63, 3.8) is 0 Å². The SMILES string of the molecule is C=CCNC(=O)c1ccccc1NC(=O)CCCN(c1ccc(Cl)cc1)S(C)(=O)=O. The second kappa shape index (κ2) is 10.8. The Labute approximate surface area is 181 Å². The van der Waals surface area contributed by atoms with E-state index in [1.165, 1.54) is 4.31 Å². The Kier molecular flexibility index (Phi) is 8.44. The highest BCUT2D eigenvalue weighted by Gasteiger charge is 2.18. The van der Waals surface area contributed by atoms with Gasteiger partial charge in [-0.05, 0) is 42.8 Å². The molecule has 2 aromatic carbocycles. The number of amides is 2. The molecule has 30 heavy (non-hydrogen) atoms. The molecular formula is C21H24ClN3O4S. The predicted octanol–water partition coefficient (Wildman–Crippen LogP) is 3.44. The third-order valence-corrected chi connectivity index (χ3v) is 5.58. The largest absolute Gasteiger partial charge is 0.349 e. The number of sulfonamides is 1. The summed E-state index contributed by atoms with van der Waals surface area (Å²) in [5.74, 6) is -0.639. The number of benzene rings is 2. The number of hydrogen-bond acceptors (Lipinski definition) is 4. The molecule has 2 amide bonds. The Balaban J connectivity index is 1.99. The lowest BCUT2D eigenvalue weighted by atomic mass is 10.1. The van der Waals surface area contributed by atoms with Crippen molar-refractivity contribution in [1.82, 2.24) is 5.32 Å². The number of rotatable bonds is 10. The van der Waals surface area contributed by atoms with Crippen molar-refractivity contribution in [2.24, 2.45) is 0 Å². The second-order valence-corrected chi connectivity index (χ2v) is 8.85. The lowest BCUT2D eigenvalue weighted by Crippen LogP contribution is -2.31. The molecule has 0 spiro atoms. The summed E-state index contributed by atoms with van der Waals surface area (Å²) in [5.41, 5.74) is 1.21. The minimum Gasteiger partial charge on any atom is -0.349 e. The van der Waals surface area contributed by atoms with Crippen molar-refractivity contribution in [1.29, 1.82) is 0 Å². The Morgan fingerprint density at radius 2 is 1.80 bits per heavy atom. The smallest absolute Gasteiger partial charge is 0.253 e. The van der Waals surface area contributed by atoms with Crippen molar-refractivity contribution in [3.8, 4) is 0 Å². The molecule has 2 N–H and O–H groups in total. The van der Waals surface area contributed by atoms with E-state index in [4.69, 9.17) is 11.6 Å². The van der Waals surface area contributed by atoms with Crippen LogP contribution in [0.4, 0.5) is 11.4 Å². The van der Waals surface area contributed by atoms with Gasteiger partial charge in [0.05, 0.1) is 23.2 Å². The molecule has 0 aliphatic heterocycles. The highest BCUT2D eigenvalue weighted by Crippen LogP contribution is 2.21. The first kappa shape index (κ1) is 23.4. The van der Waals surface area contributed by atoms with Crippen LogP contribution in [0.1, 0.15) is 23.2 Å². The first-order valence-electron chi connectivity index (χ1n) is 9.23. The summed E-state index contributed by atoms with van der Waals surface area (Å²) in [6.45, 7) is 4.00. The Morgan fingerprint density at radius 3 is 2.43 bits per heavy atom. The number of para-hydroxylation sites is 1. The summed E-state index contributed by atoms with van der Waals surface area (Å²) in [4.78, 5) is 24.6. The number of hydrogen-bond donors (Lipinski definition) is 2. The molecule has 0 heterocycles. The van der Waals surface area contributed by atoms with Gasteiger partial charge in [-0.15, -0.1) is 6.58 Å². The minimum absolute atomic E-state index is 0.0855. The van der Waals surface area contributed by atoms with E-state index in [9.17, 15) is 18.0 Å². The van der Waals surface area contributed by atoms with E-state index in [1.807, 2.05) is 0 Å². The van der Waals surface area contributed by atoms with Crippen LogP contribution in [0.25, 0.3) is 0 Å². The van der Waals surface area contributed by atoms with Crippen molar-refractivity contribution in [2.45, 2.75) is 12.8 Å². The van der Waals surface area contributed by atoms with Crippen LogP contribution in [0.5, 0.6) is 0 Å². The van der Waals surface area contributed by atoms with Crippen LogP contribution in [0.15, 0.2) is 61.2 Å². The average Bonchev–Trinajstić information content (AvgIpc) is 2.70. The molecule has 0 radical (unpaired) electrons. The molecule has 9 heteroatoms. The van der Waals surface area contributed by atoms with Crippen LogP contribution in [0.3, 0.4) is 0 Å². The van der Waals surface area contributed by atoms with Gasteiger partial charge < -0.3 is 10.6 Å². The number of nitrogens with one attached hydrogen (secondary N) is 2. The van der Waals surface area contributed by atoms with Gasteiger partial charge in [0, 0.05) is 24.5 Å². The zero-order chi connectivity index (χ0) is 22.1. The predicted molar refractivity (Wildman–Crippen MR) is 120 cm³/mol. The molecule has 7 nitrogen and oxygen atoms in total. The fourth-order valence-corrected chi connectivity index (χ4v) is 3.83. The van der Waals surface area contributed by atoms with Crippen molar-refractivity contribution >= 4 is 44.8 Å². The lowest BCUT2D eigenvalue weighted by molar-refractivity contribution is -0.116. The van der Waals surface area contributed by atoms with Gasteiger partial charge in [0.1, 0.15) is 0 Å². The van der Waals surface area contributed by atoms with Gasteiger partial charge in [-0.25, -0.2) is 8.42 Å².